The first-order valence-electron chi connectivity index (χ1n) is 8.95. The van der Waals surface area contributed by atoms with Gasteiger partial charge in [0.15, 0.2) is 11.5 Å². The Kier molecular flexibility index (Phi) is 9.14. The monoisotopic (exact) mass is 397 g/mol. The molecular weight excluding hydrogens is 370 g/mol. The highest BCUT2D eigenvalue weighted by Gasteiger charge is 2.17. The van der Waals surface area contributed by atoms with Gasteiger partial charge in [0.05, 0.1) is 19.1 Å². The smallest absolute Gasteiger partial charge is 0.332 e. The largest absolute Gasteiger partial charge is 0.504 e. The van der Waals surface area contributed by atoms with Gasteiger partial charge >= 0.3 is 5.97 Å². The van der Waals surface area contributed by atoms with Gasteiger partial charge in [-0.1, -0.05) is 6.07 Å². The molecule has 156 valence electrons. The molecule has 0 saturated carbocycles. The topological polar surface area (TPSA) is 115 Å². The molecule has 1 saturated heterocycles. The van der Waals surface area contributed by atoms with Crippen molar-refractivity contribution in [1.29, 1.82) is 0 Å². The standard InChI is InChI=1S/C18H27N3O7/c1-26-17-13-15(3-5-16(17)22)4-6-18(23)27-14-20-10-8-19(9-11-20)7-2-12-28-21(24)25/h3-6,13,22,24-25H,2,7-12,14H2,1H3/b6-4+. The van der Waals surface area contributed by atoms with Crippen LogP contribution in [0.25, 0.3) is 6.08 Å². The van der Waals surface area contributed by atoms with Crippen molar-refractivity contribution >= 4 is 12.0 Å². The van der Waals surface area contributed by atoms with Crippen LogP contribution >= 0.6 is 0 Å². The van der Waals surface area contributed by atoms with Gasteiger partial charge in [0, 0.05) is 38.8 Å². The van der Waals surface area contributed by atoms with Gasteiger partial charge in [-0.3, -0.25) is 20.2 Å². The van der Waals surface area contributed by atoms with Crippen molar-refractivity contribution in [2.75, 3.05) is 53.2 Å². The average molecular weight is 397 g/mol. The fourth-order valence-electron chi connectivity index (χ4n) is 2.74. The summed E-state index contributed by atoms with van der Waals surface area (Å²) in [5, 5.41) is 26.2. The highest BCUT2D eigenvalue weighted by atomic mass is 17.1. The molecular formula is C18H27N3O7. The molecule has 3 N–H and O–H groups in total. The summed E-state index contributed by atoms with van der Waals surface area (Å²) in [6.07, 6.45) is 3.62. The highest BCUT2D eigenvalue weighted by Crippen LogP contribution is 2.26. The maximum Gasteiger partial charge on any atom is 0.332 e. The van der Waals surface area contributed by atoms with Gasteiger partial charge in [0.2, 0.25) is 0 Å². The van der Waals surface area contributed by atoms with Crippen molar-refractivity contribution < 1.29 is 34.6 Å². The summed E-state index contributed by atoms with van der Waals surface area (Å²) < 4.78 is 10.3. The predicted molar refractivity (Wildman–Crippen MR) is 98.6 cm³/mol. The molecule has 0 unspecified atom stereocenters. The van der Waals surface area contributed by atoms with Crippen molar-refractivity contribution in [3.05, 3.63) is 29.8 Å². The maximum atomic E-state index is 11.9. The number of rotatable bonds is 10. The van der Waals surface area contributed by atoms with Crippen molar-refractivity contribution in [2.45, 2.75) is 6.42 Å². The van der Waals surface area contributed by atoms with Gasteiger partial charge in [0.1, 0.15) is 6.73 Å². The number of phenolic OH excluding ortho intramolecular Hbond substituents is 1. The third-order valence-corrected chi connectivity index (χ3v) is 4.30. The lowest BCUT2D eigenvalue weighted by atomic mass is 10.2. The Morgan fingerprint density at radius 2 is 1.93 bits per heavy atom. The summed E-state index contributed by atoms with van der Waals surface area (Å²) in [7, 11) is 1.46. The summed E-state index contributed by atoms with van der Waals surface area (Å²) in [6, 6.07) is 4.80. The first-order valence-corrected chi connectivity index (χ1v) is 8.95. The molecule has 10 heteroatoms. The van der Waals surface area contributed by atoms with Crippen molar-refractivity contribution in [2.24, 2.45) is 0 Å². The van der Waals surface area contributed by atoms with Crippen LogP contribution in [-0.4, -0.2) is 89.9 Å². The molecule has 10 nitrogen and oxygen atoms in total. The predicted octanol–water partition coefficient (Wildman–Crippen LogP) is 0.934. The number of aromatic hydroxyl groups is 1. The molecule has 1 aromatic rings. The summed E-state index contributed by atoms with van der Waals surface area (Å²) in [5.41, 5.74) is 0.717. The Hall–Kier alpha value is -2.21. The molecule has 1 aliphatic rings. The maximum absolute atomic E-state index is 11.9. The lowest BCUT2D eigenvalue weighted by molar-refractivity contribution is -0.492. The number of nitrogens with zero attached hydrogens (tertiary/aromatic N) is 3. The van der Waals surface area contributed by atoms with Crippen LogP contribution in [0.3, 0.4) is 0 Å². The Balaban J connectivity index is 1.64. The molecule has 1 aromatic carbocycles. The summed E-state index contributed by atoms with van der Waals surface area (Å²) in [6.45, 7) is 4.47. The molecule has 28 heavy (non-hydrogen) atoms. The van der Waals surface area contributed by atoms with Crippen LogP contribution in [0, 0.1) is 0 Å². The summed E-state index contributed by atoms with van der Waals surface area (Å²) >= 11 is 0. The zero-order valence-corrected chi connectivity index (χ0v) is 15.9. The van der Waals surface area contributed by atoms with E-state index in [4.69, 9.17) is 19.9 Å². The van der Waals surface area contributed by atoms with E-state index < -0.39 is 5.97 Å². The van der Waals surface area contributed by atoms with Crippen LogP contribution in [0.5, 0.6) is 11.5 Å². The second-order valence-electron chi connectivity index (χ2n) is 6.26. The average Bonchev–Trinajstić information content (AvgIpc) is 2.69. The van der Waals surface area contributed by atoms with Gasteiger partial charge < -0.3 is 19.5 Å². The second-order valence-corrected chi connectivity index (χ2v) is 6.26. The van der Waals surface area contributed by atoms with Crippen LogP contribution in [-0.2, 0) is 14.4 Å². The summed E-state index contributed by atoms with van der Waals surface area (Å²) in [5.74, 6) is -0.0631. The Morgan fingerprint density at radius 3 is 2.61 bits per heavy atom. The lowest BCUT2D eigenvalue weighted by Gasteiger charge is -2.34. The van der Waals surface area contributed by atoms with E-state index >= 15 is 0 Å². The molecule has 0 radical (unpaired) electrons. The first-order chi connectivity index (χ1) is 13.5. The number of piperazine rings is 1. The van der Waals surface area contributed by atoms with E-state index in [0.717, 1.165) is 38.3 Å². The zero-order chi connectivity index (χ0) is 20.4. The number of phenols is 1. The SMILES string of the molecule is COc1cc(/C=C/C(=O)OCN2CCN(CCCON(O)O)CC2)ccc1O. The third-order valence-electron chi connectivity index (χ3n) is 4.30. The van der Waals surface area contributed by atoms with Gasteiger partial charge in [0.25, 0.3) is 0 Å². The van der Waals surface area contributed by atoms with E-state index in [2.05, 4.69) is 9.74 Å². The van der Waals surface area contributed by atoms with Crippen LogP contribution in [0.2, 0.25) is 0 Å². The van der Waals surface area contributed by atoms with Gasteiger partial charge in [-0.2, -0.15) is 0 Å². The van der Waals surface area contributed by atoms with Gasteiger partial charge in [-0.05, 0) is 30.2 Å². The molecule has 0 aliphatic carbocycles. The van der Waals surface area contributed by atoms with E-state index in [1.165, 1.54) is 19.3 Å². The molecule has 0 aromatic heterocycles. The van der Waals surface area contributed by atoms with Crippen LogP contribution in [0.1, 0.15) is 12.0 Å². The normalized spacial score (nSPS) is 16.0. The van der Waals surface area contributed by atoms with Crippen LogP contribution in [0.4, 0.5) is 0 Å². The number of hydrogen-bond donors (Lipinski definition) is 3. The second kappa shape index (κ2) is 11.6. The van der Waals surface area contributed by atoms with Gasteiger partial charge in [-0.15, -0.1) is 0 Å². The minimum absolute atomic E-state index is 0.0395. The van der Waals surface area contributed by atoms with E-state index in [9.17, 15) is 9.90 Å². The summed E-state index contributed by atoms with van der Waals surface area (Å²) in [4.78, 5) is 20.7. The lowest BCUT2D eigenvalue weighted by Crippen LogP contribution is -2.47. The number of ether oxygens (including phenoxy) is 2. The molecule has 0 bridgehead atoms. The number of methoxy groups -OCH3 is 1. The fraction of sp³-hybridized carbons (Fsp3) is 0.500. The van der Waals surface area contributed by atoms with E-state index in [0.29, 0.717) is 12.2 Å². The van der Waals surface area contributed by atoms with Crippen LogP contribution in [0.15, 0.2) is 24.3 Å². The van der Waals surface area contributed by atoms with Crippen molar-refractivity contribution in [1.82, 2.24) is 15.2 Å². The quantitative estimate of drug-likeness (QED) is 0.228. The highest BCUT2D eigenvalue weighted by molar-refractivity contribution is 5.87. The molecule has 2 rings (SSSR count). The number of benzene rings is 1. The number of hydrogen-bond acceptors (Lipinski definition) is 10. The van der Waals surface area contributed by atoms with E-state index in [1.807, 2.05) is 4.90 Å². The Morgan fingerprint density at radius 1 is 1.21 bits per heavy atom. The number of carbonyl (C=O) groups is 1. The van der Waals surface area contributed by atoms with Crippen molar-refractivity contribution in [3.63, 3.8) is 0 Å². The van der Waals surface area contributed by atoms with Crippen LogP contribution < -0.4 is 4.74 Å². The molecule has 0 spiro atoms. The van der Waals surface area contributed by atoms with E-state index in [-0.39, 0.29) is 24.5 Å². The third kappa shape index (κ3) is 7.80. The first kappa shape index (κ1) is 22.1. The fourth-order valence-corrected chi connectivity index (χ4v) is 2.74. The number of carbonyl (C=O) groups excluding carboxylic acids is 1. The van der Waals surface area contributed by atoms with Crippen molar-refractivity contribution in [3.8, 4) is 11.5 Å². The minimum atomic E-state index is -0.441. The van der Waals surface area contributed by atoms with E-state index in [1.54, 1.807) is 18.2 Å². The Bertz CT molecular complexity index is 646. The molecule has 0 atom stereocenters. The molecule has 1 aliphatic heterocycles. The molecule has 1 fully saturated rings. The van der Waals surface area contributed by atoms with Gasteiger partial charge in [-0.25, -0.2) is 4.79 Å². The molecule has 1 heterocycles. The minimum Gasteiger partial charge on any atom is -0.504 e. The Labute approximate surface area is 163 Å². The molecule has 0 amide bonds. The zero-order valence-electron chi connectivity index (χ0n) is 15.9. The number of esters is 1.